The molecule has 0 fully saturated rings. The van der Waals surface area contributed by atoms with Crippen molar-refractivity contribution in [1.29, 1.82) is 0 Å². The van der Waals surface area contributed by atoms with Crippen LogP contribution in [0.25, 0.3) is 0 Å². The number of methoxy groups -OCH3 is 1. The third-order valence-electron chi connectivity index (χ3n) is 2.85. The Bertz CT molecular complexity index is 612. The first-order valence-corrected chi connectivity index (χ1v) is 7.12. The molecule has 0 saturated heterocycles. The largest absolute Gasteiger partial charge is 0.496 e. The number of nitrogen functional groups attached to an aromatic ring is 1. The molecule has 0 bridgehead atoms. The number of nitrogens with zero attached hydrogens (tertiary/aromatic N) is 3. The normalized spacial score (nSPS) is 10.5. The quantitative estimate of drug-likeness (QED) is 0.495. The minimum atomic E-state index is 0.601. The van der Waals surface area contributed by atoms with Crippen LogP contribution in [0.15, 0.2) is 23.4 Å². The highest BCUT2D eigenvalue weighted by Crippen LogP contribution is 2.27. The Morgan fingerprint density at radius 3 is 2.85 bits per heavy atom. The van der Waals surface area contributed by atoms with Crippen molar-refractivity contribution in [2.75, 3.05) is 13.0 Å². The number of carbonyl (C=O) groups excluding carboxylic acids is 1. The highest BCUT2D eigenvalue weighted by Gasteiger charge is 2.11. The molecule has 0 aliphatic rings. The first-order chi connectivity index (χ1) is 9.69. The summed E-state index contributed by atoms with van der Waals surface area (Å²) in [5.41, 5.74) is 1.54. The first-order valence-electron chi connectivity index (χ1n) is 6.13. The maximum absolute atomic E-state index is 10.8. The SMILES string of the molecule is CCc1nnc(SCc2cc(C=O)ccc2OC)n1N. The molecule has 1 aromatic carbocycles. The lowest BCUT2D eigenvalue weighted by atomic mass is 10.1. The number of aldehydes is 1. The van der Waals surface area contributed by atoms with Gasteiger partial charge in [0.15, 0.2) is 5.82 Å². The standard InChI is InChI=1S/C13H16N4O2S/c1-3-12-15-16-13(17(12)14)20-8-10-6-9(7-18)4-5-11(10)19-2/h4-7H,3,8,14H2,1-2H3. The minimum absolute atomic E-state index is 0.601. The minimum Gasteiger partial charge on any atom is -0.496 e. The van der Waals surface area contributed by atoms with Gasteiger partial charge in [-0.05, 0) is 18.2 Å². The van der Waals surface area contributed by atoms with Gasteiger partial charge in [0.2, 0.25) is 5.16 Å². The van der Waals surface area contributed by atoms with Crippen LogP contribution in [-0.4, -0.2) is 28.3 Å². The highest BCUT2D eigenvalue weighted by molar-refractivity contribution is 7.98. The van der Waals surface area contributed by atoms with E-state index in [1.165, 1.54) is 16.4 Å². The number of nitrogens with two attached hydrogens (primary N) is 1. The number of hydrogen-bond donors (Lipinski definition) is 1. The van der Waals surface area contributed by atoms with Gasteiger partial charge >= 0.3 is 0 Å². The topological polar surface area (TPSA) is 83.0 Å². The Hall–Kier alpha value is -2.02. The number of benzene rings is 1. The van der Waals surface area contributed by atoms with Crippen molar-refractivity contribution in [3.05, 3.63) is 35.2 Å². The summed E-state index contributed by atoms with van der Waals surface area (Å²) in [6, 6.07) is 5.31. The number of aromatic nitrogens is 3. The van der Waals surface area contributed by atoms with Crippen LogP contribution in [0.1, 0.15) is 28.7 Å². The fourth-order valence-electron chi connectivity index (χ4n) is 1.77. The molecule has 106 valence electrons. The molecular formula is C13H16N4O2S. The number of ether oxygens (including phenoxy) is 1. The lowest BCUT2D eigenvalue weighted by molar-refractivity contribution is 0.112. The van der Waals surface area contributed by atoms with Crippen molar-refractivity contribution in [1.82, 2.24) is 14.9 Å². The second-order valence-corrected chi connectivity index (χ2v) is 5.04. The molecule has 2 rings (SSSR count). The van der Waals surface area contributed by atoms with Gasteiger partial charge in [-0.1, -0.05) is 18.7 Å². The number of carbonyl (C=O) groups is 1. The second kappa shape index (κ2) is 6.42. The number of thioether (sulfide) groups is 1. The van der Waals surface area contributed by atoms with E-state index in [9.17, 15) is 4.79 Å². The van der Waals surface area contributed by atoms with Crippen molar-refractivity contribution >= 4 is 18.0 Å². The van der Waals surface area contributed by atoms with Crippen molar-refractivity contribution in [3.8, 4) is 5.75 Å². The van der Waals surface area contributed by atoms with Crippen molar-refractivity contribution in [2.24, 2.45) is 0 Å². The molecule has 0 aliphatic carbocycles. The fourth-order valence-corrected chi connectivity index (χ4v) is 2.63. The smallest absolute Gasteiger partial charge is 0.210 e. The van der Waals surface area contributed by atoms with Gasteiger partial charge in [0.25, 0.3) is 0 Å². The molecule has 0 spiro atoms. The van der Waals surface area contributed by atoms with Gasteiger partial charge in [0.05, 0.1) is 7.11 Å². The molecule has 0 saturated carbocycles. The van der Waals surface area contributed by atoms with E-state index in [2.05, 4.69) is 10.2 Å². The highest BCUT2D eigenvalue weighted by atomic mass is 32.2. The average molecular weight is 292 g/mol. The predicted molar refractivity (Wildman–Crippen MR) is 77.5 cm³/mol. The summed E-state index contributed by atoms with van der Waals surface area (Å²) in [6.45, 7) is 1.97. The number of hydrogen-bond acceptors (Lipinski definition) is 6. The molecule has 20 heavy (non-hydrogen) atoms. The molecule has 0 radical (unpaired) electrons. The molecule has 1 heterocycles. The Balaban J connectivity index is 2.17. The lowest BCUT2D eigenvalue weighted by Gasteiger charge is -2.08. The van der Waals surface area contributed by atoms with Crippen LogP contribution in [0.5, 0.6) is 5.75 Å². The van der Waals surface area contributed by atoms with Crippen LogP contribution in [0.3, 0.4) is 0 Å². The van der Waals surface area contributed by atoms with Crippen LogP contribution in [0.2, 0.25) is 0 Å². The van der Waals surface area contributed by atoms with E-state index in [1.807, 2.05) is 6.92 Å². The molecule has 0 unspecified atom stereocenters. The van der Waals surface area contributed by atoms with Crippen LogP contribution in [0, 0.1) is 0 Å². The Morgan fingerprint density at radius 2 is 2.25 bits per heavy atom. The average Bonchev–Trinajstić information content (AvgIpc) is 2.85. The van der Waals surface area contributed by atoms with Gasteiger partial charge in [-0.2, -0.15) is 0 Å². The molecule has 0 aliphatic heterocycles. The fraction of sp³-hybridized carbons (Fsp3) is 0.308. The van der Waals surface area contributed by atoms with Crippen LogP contribution < -0.4 is 10.6 Å². The van der Waals surface area contributed by atoms with Gasteiger partial charge in [0.1, 0.15) is 12.0 Å². The van der Waals surface area contributed by atoms with Crippen LogP contribution in [-0.2, 0) is 12.2 Å². The van der Waals surface area contributed by atoms with Gasteiger partial charge < -0.3 is 10.6 Å². The molecule has 7 heteroatoms. The summed E-state index contributed by atoms with van der Waals surface area (Å²) >= 11 is 1.45. The summed E-state index contributed by atoms with van der Waals surface area (Å²) in [7, 11) is 1.60. The van der Waals surface area contributed by atoms with Crippen LogP contribution in [0.4, 0.5) is 0 Å². The van der Waals surface area contributed by atoms with Crippen molar-refractivity contribution in [2.45, 2.75) is 24.3 Å². The molecular weight excluding hydrogens is 276 g/mol. The Labute approximate surface area is 121 Å². The van der Waals surface area contributed by atoms with E-state index in [-0.39, 0.29) is 0 Å². The summed E-state index contributed by atoms with van der Waals surface area (Å²) in [5, 5.41) is 8.68. The summed E-state index contributed by atoms with van der Waals surface area (Å²) < 4.78 is 6.77. The van der Waals surface area contributed by atoms with E-state index >= 15 is 0 Å². The molecule has 2 N–H and O–H groups in total. The second-order valence-electron chi connectivity index (χ2n) is 4.10. The van der Waals surface area contributed by atoms with E-state index < -0.39 is 0 Å². The molecule has 2 aromatic rings. The summed E-state index contributed by atoms with van der Waals surface area (Å²) in [6.07, 6.45) is 1.54. The third kappa shape index (κ3) is 2.93. The van der Waals surface area contributed by atoms with Gasteiger partial charge in [-0.25, -0.2) is 4.68 Å². The number of aryl methyl sites for hydroxylation is 1. The maximum Gasteiger partial charge on any atom is 0.210 e. The zero-order valence-corrected chi connectivity index (χ0v) is 12.2. The van der Waals surface area contributed by atoms with Gasteiger partial charge in [0, 0.05) is 23.3 Å². The molecule has 1 aromatic heterocycles. The van der Waals surface area contributed by atoms with Crippen molar-refractivity contribution in [3.63, 3.8) is 0 Å². The van der Waals surface area contributed by atoms with E-state index in [0.29, 0.717) is 16.5 Å². The maximum atomic E-state index is 10.8. The molecule has 6 nitrogen and oxygen atoms in total. The number of rotatable bonds is 6. The monoisotopic (exact) mass is 292 g/mol. The Morgan fingerprint density at radius 1 is 1.45 bits per heavy atom. The molecule has 0 amide bonds. The van der Waals surface area contributed by atoms with Crippen molar-refractivity contribution < 1.29 is 9.53 Å². The summed E-state index contributed by atoms with van der Waals surface area (Å²) in [4.78, 5) is 10.8. The van der Waals surface area contributed by atoms with E-state index in [0.717, 1.165) is 29.8 Å². The lowest BCUT2D eigenvalue weighted by Crippen LogP contribution is -2.13. The predicted octanol–water partition coefficient (Wildman–Crippen LogP) is 1.67. The van der Waals surface area contributed by atoms with Gasteiger partial charge in [-0.3, -0.25) is 4.79 Å². The summed E-state index contributed by atoms with van der Waals surface area (Å²) in [5.74, 6) is 7.96. The molecule has 0 atom stereocenters. The third-order valence-corrected chi connectivity index (χ3v) is 3.84. The van der Waals surface area contributed by atoms with Gasteiger partial charge in [-0.15, -0.1) is 10.2 Å². The Kier molecular flexibility index (Phi) is 4.62. The zero-order chi connectivity index (χ0) is 14.5. The first kappa shape index (κ1) is 14.4. The van der Waals surface area contributed by atoms with Crippen LogP contribution >= 0.6 is 11.8 Å². The van der Waals surface area contributed by atoms with E-state index in [1.54, 1.807) is 25.3 Å². The zero-order valence-electron chi connectivity index (χ0n) is 11.4. The van der Waals surface area contributed by atoms with E-state index in [4.69, 9.17) is 10.6 Å².